The maximum atomic E-state index is 11.5. The van der Waals surface area contributed by atoms with Crippen LogP contribution in [-0.2, 0) is 14.3 Å². The van der Waals surface area contributed by atoms with E-state index in [1.54, 1.807) is 0 Å². The first kappa shape index (κ1) is 13.0. The summed E-state index contributed by atoms with van der Waals surface area (Å²) in [6.07, 6.45) is 3.31. The Hall–Kier alpha value is -1.10. The molecule has 0 spiro atoms. The highest BCUT2D eigenvalue weighted by atomic mass is 16.5. The number of carboxylic acids is 1. The fraction of sp³-hybridized carbons (Fsp3) is 0.818. The van der Waals surface area contributed by atoms with E-state index in [2.05, 4.69) is 5.32 Å². The number of hydrogen-bond donors (Lipinski definition) is 2. The Morgan fingerprint density at radius 2 is 2.31 bits per heavy atom. The normalized spacial score (nSPS) is 21.7. The van der Waals surface area contributed by atoms with Crippen molar-refractivity contribution < 1.29 is 19.4 Å². The van der Waals surface area contributed by atoms with Crippen LogP contribution in [-0.4, -0.2) is 35.7 Å². The van der Waals surface area contributed by atoms with Gasteiger partial charge in [0.15, 0.2) is 0 Å². The van der Waals surface area contributed by atoms with E-state index < -0.39 is 12.0 Å². The van der Waals surface area contributed by atoms with Crippen molar-refractivity contribution in [3.8, 4) is 0 Å². The van der Waals surface area contributed by atoms with Gasteiger partial charge in [0.05, 0.1) is 12.5 Å². The van der Waals surface area contributed by atoms with Crippen LogP contribution >= 0.6 is 0 Å². The molecule has 1 saturated heterocycles. The minimum absolute atomic E-state index is 0.0314. The Labute approximate surface area is 95.2 Å². The second-order valence-corrected chi connectivity index (χ2v) is 4.09. The predicted octanol–water partition coefficient (Wildman–Crippen LogP) is 0.925. The summed E-state index contributed by atoms with van der Waals surface area (Å²) < 4.78 is 5.32. The van der Waals surface area contributed by atoms with Crippen LogP contribution in [0.25, 0.3) is 0 Å². The zero-order valence-electron chi connectivity index (χ0n) is 9.57. The first-order valence-corrected chi connectivity index (χ1v) is 5.77. The minimum atomic E-state index is -0.970. The van der Waals surface area contributed by atoms with Gasteiger partial charge in [0, 0.05) is 6.61 Å². The van der Waals surface area contributed by atoms with Crippen molar-refractivity contribution in [1.82, 2.24) is 5.32 Å². The predicted molar refractivity (Wildman–Crippen MR) is 58.1 cm³/mol. The lowest BCUT2D eigenvalue weighted by molar-refractivity contribution is -0.142. The molecule has 0 aromatic carbocycles. The average Bonchev–Trinajstić information content (AvgIpc) is 2.69. The molecule has 0 radical (unpaired) electrons. The summed E-state index contributed by atoms with van der Waals surface area (Å²) in [5.74, 6) is -1.20. The zero-order chi connectivity index (χ0) is 12.0. The van der Waals surface area contributed by atoms with Gasteiger partial charge in [-0.3, -0.25) is 4.79 Å². The molecule has 2 atom stereocenters. The molecule has 0 aromatic heterocycles. The largest absolute Gasteiger partial charge is 0.480 e. The van der Waals surface area contributed by atoms with E-state index >= 15 is 0 Å². The fourth-order valence-electron chi connectivity index (χ4n) is 1.81. The molecule has 1 heterocycles. The van der Waals surface area contributed by atoms with Gasteiger partial charge in [0.1, 0.15) is 6.04 Å². The number of nitrogens with one attached hydrogen (secondary N) is 1. The van der Waals surface area contributed by atoms with Gasteiger partial charge in [0.2, 0.25) is 5.91 Å². The van der Waals surface area contributed by atoms with Crippen LogP contribution in [0.15, 0.2) is 0 Å². The number of amides is 1. The first-order chi connectivity index (χ1) is 7.63. The van der Waals surface area contributed by atoms with Crippen LogP contribution in [0.1, 0.15) is 39.0 Å². The molecule has 1 unspecified atom stereocenters. The number of ether oxygens (including phenoxy) is 1. The minimum Gasteiger partial charge on any atom is -0.480 e. The lowest BCUT2D eigenvalue weighted by atomic mass is 10.1. The molecule has 0 aliphatic carbocycles. The summed E-state index contributed by atoms with van der Waals surface area (Å²) in [7, 11) is 0. The summed E-state index contributed by atoms with van der Waals surface area (Å²) in [6, 6.07) is -0.765. The third-order valence-electron chi connectivity index (χ3n) is 2.65. The van der Waals surface area contributed by atoms with Crippen molar-refractivity contribution in [2.24, 2.45) is 0 Å². The van der Waals surface area contributed by atoms with Crippen molar-refractivity contribution in [2.75, 3.05) is 6.61 Å². The Kier molecular flexibility index (Phi) is 5.25. The number of aliphatic carboxylic acids is 1. The van der Waals surface area contributed by atoms with E-state index in [1.165, 1.54) is 0 Å². The Morgan fingerprint density at radius 3 is 2.81 bits per heavy atom. The lowest BCUT2D eigenvalue weighted by Crippen LogP contribution is -2.41. The van der Waals surface area contributed by atoms with E-state index in [4.69, 9.17) is 9.84 Å². The molecule has 0 saturated carbocycles. The molecule has 1 aliphatic rings. The molecule has 92 valence electrons. The van der Waals surface area contributed by atoms with Gasteiger partial charge in [-0.2, -0.15) is 0 Å². The quantitative estimate of drug-likeness (QED) is 0.710. The maximum Gasteiger partial charge on any atom is 0.326 e. The van der Waals surface area contributed by atoms with Gasteiger partial charge in [0.25, 0.3) is 0 Å². The highest BCUT2D eigenvalue weighted by molar-refractivity contribution is 5.83. The molecule has 5 nitrogen and oxygen atoms in total. The number of carbonyl (C=O) groups excluding carboxylic acids is 1. The van der Waals surface area contributed by atoms with Gasteiger partial charge in [-0.25, -0.2) is 4.79 Å². The Morgan fingerprint density at radius 1 is 1.56 bits per heavy atom. The van der Waals surface area contributed by atoms with E-state index in [0.29, 0.717) is 13.0 Å². The average molecular weight is 229 g/mol. The monoisotopic (exact) mass is 229 g/mol. The van der Waals surface area contributed by atoms with Gasteiger partial charge in [-0.15, -0.1) is 0 Å². The van der Waals surface area contributed by atoms with E-state index in [-0.39, 0.29) is 18.4 Å². The SMILES string of the molecule is CCC[C@@H](NC(=O)CC1CCCO1)C(=O)O. The van der Waals surface area contributed by atoms with Gasteiger partial charge >= 0.3 is 5.97 Å². The van der Waals surface area contributed by atoms with Crippen LogP contribution in [0.3, 0.4) is 0 Å². The van der Waals surface area contributed by atoms with Crippen LogP contribution < -0.4 is 5.32 Å². The Bertz CT molecular complexity index is 248. The van der Waals surface area contributed by atoms with E-state index in [0.717, 1.165) is 19.3 Å². The molecule has 0 bridgehead atoms. The number of carboxylic acid groups (broad SMARTS) is 1. The third kappa shape index (κ3) is 4.18. The summed E-state index contributed by atoms with van der Waals surface area (Å²) in [5, 5.41) is 11.4. The molecule has 1 aliphatic heterocycles. The molecular formula is C11H19NO4. The van der Waals surface area contributed by atoms with Crippen molar-refractivity contribution in [3.63, 3.8) is 0 Å². The van der Waals surface area contributed by atoms with Gasteiger partial charge < -0.3 is 15.2 Å². The fourth-order valence-corrected chi connectivity index (χ4v) is 1.81. The molecule has 5 heteroatoms. The molecule has 1 fully saturated rings. The third-order valence-corrected chi connectivity index (χ3v) is 2.65. The van der Waals surface area contributed by atoms with Gasteiger partial charge in [-0.05, 0) is 19.3 Å². The first-order valence-electron chi connectivity index (χ1n) is 5.77. The number of rotatable bonds is 6. The topological polar surface area (TPSA) is 75.6 Å². The van der Waals surface area contributed by atoms with Crippen LogP contribution in [0, 0.1) is 0 Å². The summed E-state index contributed by atoms with van der Waals surface area (Å²) in [4.78, 5) is 22.4. The van der Waals surface area contributed by atoms with Crippen LogP contribution in [0.5, 0.6) is 0 Å². The molecule has 0 aromatic rings. The highest BCUT2D eigenvalue weighted by Gasteiger charge is 2.23. The van der Waals surface area contributed by atoms with E-state index in [1.807, 2.05) is 6.92 Å². The Balaban J connectivity index is 2.32. The molecule has 16 heavy (non-hydrogen) atoms. The molecule has 1 rings (SSSR count). The van der Waals surface area contributed by atoms with Crippen molar-refractivity contribution in [2.45, 2.75) is 51.2 Å². The van der Waals surface area contributed by atoms with E-state index in [9.17, 15) is 9.59 Å². The standard InChI is InChI=1S/C11H19NO4/c1-2-4-9(11(14)15)12-10(13)7-8-5-3-6-16-8/h8-9H,2-7H2,1H3,(H,12,13)(H,14,15)/t8?,9-/m1/s1. The maximum absolute atomic E-state index is 11.5. The number of hydrogen-bond acceptors (Lipinski definition) is 3. The highest BCUT2D eigenvalue weighted by Crippen LogP contribution is 2.15. The molecule has 1 amide bonds. The van der Waals surface area contributed by atoms with Gasteiger partial charge in [-0.1, -0.05) is 13.3 Å². The molecule has 2 N–H and O–H groups in total. The second-order valence-electron chi connectivity index (χ2n) is 4.09. The van der Waals surface area contributed by atoms with Crippen LogP contribution in [0.4, 0.5) is 0 Å². The zero-order valence-corrected chi connectivity index (χ0v) is 9.57. The molecular weight excluding hydrogens is 210 g/mol. The summed E-state index contributed by atoms with van der Waals surface area (Å²) in [5.41, 5.74) is 0. The lowest BCUT2D eigenvalue weighted by Gasteiger charge is -2.15. The van der Waals surface area contributed by atoms with Crippen molar-refractivity contribution in [3.05, 3.63) is 0 Å². The second kappa shape index (κ2) is 6.48. The van der Waals surface area contributed by atoms with Crippen molar-refractivity contribution in [1.29, 1.82) is 0 Å². The number of carbonyl (C=O) groups is 2. The summed E-state index contributed by atoms with van der Waals surface area (Å²) in [6.45, 7) is 2.59. The smallest absolute Gasteiger partial charge is 0.326 e. The summed E-state index contributed by atoms with van der Waals surface area (Å²) >= 11 is 0. The van der Waals surface area contributed by atoms with Crippen molar-refractivity contribution >= 4 is 11.9 Å². The van der Waals surface area contributed by atoms with Crippen LogP contribution in [0.2, 0.25) is 0 Å².